The van der Waals surface area contributed by atoms with Crippen molar-refractivity contribution >= 4 is 5.95 Å². The number of methoxy groups -OCH3 is 1. The predicted molar refractivity (Wildman–Crippen MR) is 132 cm³/mol. The molecule has 0 radical (unpaired) electrons. The van der Waals surface area contributed by atoms with E-state index in [-0.39, 0.29) is 11.6 Å². The lowest BCUT2D eigenvalue weighted by Gasteiger charge is -2.35. The normalized spacial score (nSPS) is 15.8. The van der Waals surface area contributed by atoms with Gasteiger partial charge in [-0.1, -0.05) is 36.4 Å². The van der Waals surface area contributed by atoms with Crippen molar-refractivity contribution in [2.45, 2.75) is 6.04 Å². The number of piperazine rings is 1. The lowest BCUT2D eigenvalue weighted by atomic mass is 9.99. The molecule has 0 aliphatic carbocycles. The zero-order valence-corrected chi connectivity index (χ0v) is 19.2. The Kier molecular flexibility index (Phi) is 6.05. The van der Waals surface area contributed by atoms with Crippen molar-refractivity contribution < 1.29 is 4.74 Å². The quantitative estimate of drug-likeness (QED) is 0.496. The van der Waals surface area contributed by atoms with Gasteiger partial charge in [-0.2, -0.15) is 0 Å². The highest BCUT2D eigenvalue weighted by atomic mass is 16.5. The van der Waals surface area contributed by atoms with Crippen LogP contribution in [0.2, 0.25) is 0 Å². The second-order valence-corrected chi connectivity index (χ2v) is 8.24. The molecule has 1 atom stereocenters. The number of benzene rings is 2. The predicted octanol–water partition coefficient (Wildman–Crippen LogP) is 3.06. The van der Waals surface area contributed by atoms with Crippen LogP contribution in [0.4, 0.5) is 5.95 Å². The van der Waals surface area contributed by atoms with Gasteiger partial charge in [-0.05, 0) is 34.9 Å². The Balaban J connectivity index is 1.38. The monoisotopic (exact) mass is 454 g/mol. The van der Waals surface area contributed by atoms with Crippen LogP contribution in [0.15, 0.2) is 78.0 Å². The van der Waals surface area contributed by atoms with E-state index in [2.05, 4.69) is 56.6 Å². The zero-order chi connectivity index (χ0) is 23.5. The van der Waals surface area contributed by atoms with E-state index in [1.165, 1.54) is 18.0 Å². The van der Waals surface area contributed by atoms with Crippen molar-refractivity contribution in [2.75, 3.05) is 31.6 Å². The minimum Gasteiger partial charge on any atom is -0.497 e. The largest absolute Gasteiger partial charge is 0.497 e. The number of hydrogen-bond acceptors (Lipinski definition) is 7. The summed E-state index contributed by atoms with van der Waals surface area (Å²) >= 11 is 0. The van der Waals surface area contributed by atoms with Crippen molar-refractivity contribution in [1.29, 1.82) is 0 Å². The van der Waals surface area contributed by atoms with Crippen molar-refractivity contribution in [3.05, 3.63) is 89.1 Å². The molecule has 2 aromatic carbocycles. The minimum absolute atomic E-state index is 0.113. The maximum atomic E-state index is 12.7. The molecule has 0 amide bonds. The molecule has 0 saturated carbocycles. The first-order chi connectivity index (χ1) is 16.6. The van der Waals surface area contributed by atoms with Gasteiger partial charge in [0.1, 0.15) is 12.1 Å². The summed E-state index contributed by atoms with van der Waals surface area (Å²) in [7, 11) is 3.43. The van der Waals surface area contributed by atoms with E-state index in [0.29, 0.717) is 23.9 Å². The number of aromatic nitrogens is 4. The van der Waals surface area contributed by atoms with Gasteiger partial charge in [0.2, 0.25) is 5.95 Å². The molecule has 4 aromatic rings. The third-order valence-corrected chi connectivity index (χ3v) is 6.15. The molecule has 5 rings (SSSR count). The van der Waals surface area contributed by atoms with Gasteiger partial charge in [-0.3, -0.25) is 9.36 Å². The van der Waals surface area contributed by atoms with Gasteiger partial charge < -0.3 is 15.0 Å². The fraction of sp³-hybridized carbons (Fsp3) is 0.231. The van der Waals surface area contributed by atoms with Crippen molar-refractivity contribution in [3.63, 3.8) is 0 Å². The molecule has 8 heteroatoms. The zero-order valence-electron chi connectivity index (χ0n) is 19.2. The van der Waals surface area contributed by atoms with Crippen LogP contribution in [-0.2, 0) is 7.05 Å². The van der Waals surface area contributed by atoms with Crippen LogP contribution >= 0.6 is 0 Å². The Morgan fingerprint density at radius 1 is 1.00 bits per heavy atom. The first-order valence-electron chi connectivity index (χ1n) is 11.2. The summed E-state index contributed by atoms with van der Waals surface area (Å²) in [6, 6.07) is 20.1. The molecule has 0 bridgehead atoms. The lowest BCUT2D eigenvalue weighted by molar-refractivity contribution is 0.415. The second-order valence-electron chi connectivity index (χ2n) is 8.24. The van der Waals surface area contributed by atoms with Gasteiger partial charge in [0, 0.05) is 45.0 Å². The Morgan fingerprint density at radius 3 is 2.41 bits per heavy atom. The summed E-state index contributed by atoms with van der Waals surface area (Å²) in [6.45, 7) is 2.25. The topological polar surface area (TPSA) is 85.2 Å². The molecular weight excluding hydrogens is 428 g/mol. The van der Waals surface area contributed by atoms with Crippen LogP contribution in [0.25, 0.3) is 22.5 Å². The Hall–Kier alpha value is -4.04. The van der Waals surface area contributed by atoms with Crippen LogP contribution in [0.3, 0.4) is 0 Å². The minimum atomic E-state index is -0.113. The summed E-state index contributed by atoms with van der Waals surface area (Å²) in [6.07, 6.45) is 3.11. The number of nitrogens with one attached hydrogen (secondary N) is 1. The van der Waals surface area contributed by atoms with E-state index in [1.54, 1.807) is 31.0 Å². The fourth-order valence-electron chi connectivity index (χ4n) is 4.23. The highest BCUT2D eigenvalue weighted by molar-refractivity contribution is 5.64. The molecular formula is C26H26N6O2. The van der Waals surface area contributed by atoms with Crippen LogP contribution in [0.1, 0.15) is 11.6 Å². The van der Waals surface area contributed by atoms with Crippen molar-refractivity contribution in [3.8, 4) is 28.3 Å². The summed E-state index contributed by atoms with van der Waals surface area (Å²) in [4.78, 5) is 27.8. The maximum Gasteiger partial charge on any atom is 0.255 e. The standard InChI is InChI=1S/C26H26N6O2/c1-31-25(33)15-23(22-11-12-27-17-29-22)30-26(31)32-14-13-28-24(16-32)20-5-3-18(4-6-20)19-7-9-21(34-2)10-8-19/h3-12,15,17,24,28H,13-14,16H2,1-2H3. The summed E-state index contributed by atoms with van der Waals surface area (Å²) < 4.78 is 6.85. The van der Waals surface area contributed by atoms with Gasteiger partial charge in [-0.25, -0.2) is 15.0 Å². The van der Waals surface area contributed by atoms with E-state index in [9.17, 15) is 4.79 Å². The molecule has 1 saturated heterocycles. The third kappa shape index (κ3) is 4.40. The molecule has 1 unspecified atom stereocenters. The smallest absolute Gasteiger partial charge is 0.255 e. The Bertz CT molecular complexity index is 1320. The highest BCUT2D eigenvalue weighted by Crippen LogP contribution is 2.26. The number of rotatable bonds is 5. The first-order valence-corrected chi connectivity index (χ1v) is 11.2. The molecule has 8 nitrogen and oxygen atoms in total. The number of anilines is 1. The highest BCUT2D eigenvalue weighted by Gasteiger charge is 2.24. The van der Waals surface area contributed by atoms with E-state index >= 15 is 0 Å². The second kappa shape index (κ2) is 9.44. The van der Waals surface area contributed by atoms with E-state index in [4.69, 9.17) is 9.72 Å². The summed E-state index contributed by atoms with van der Waals surface area (Å²) in [5, 5.41) is 3.60. The number of ether oxygens (including phenoxy) is 1. The van der Waals surface area contributed by atoms with Crippen LogP contribution < -0.4 is 20.5 Å². The first kappa shape index (κ1) is 21.8. The molecule has 0 spiro atoms. The lowest BCUT2D eigenvalue weighted by Crippen LogP contribution is -2.47. The Morgan fingerprint density at radius 2 is 1.74 bits per heavy atom. The van der Waals surface area contributed by atoms with Gasteiger partial charge in [-0.15, -0.1) is 0 Å². The maximum absolute atomic E-state index is 12.7. The van der Waals surface area contributed by atoms with Gasteiger partial charge >= 0.3 is 0 Å². The Labute approximate surface area is 197 Å². The summed E-state index contributed by atoms with van der Waals surface area (Å²) in [5.74, 6) is 1.49. The number of hydrogen-bond donors (Lipinski definition) is 1. The van der Waals surface area contributed by atoms with Gasteiger partial charge in [0.05, 0.1) is 18.5 Å². The van der Waals surface area contributed by atoms with E-state index in [1.807, 2.05) is 12.1 Å². The SMILES string of the molecule is COc1ccc(-c2ccc(C3CN(c4nc(-c5ccncn5)cc(=O)n4C)CCN3)cc2)cc1. The van der Waals surface area contributed by atoms with Gasteiger partial charge in [0.15, 0.2) is 0 Å². The molecule has 2 aromatic heterocycles. The average molecular weight is 455 g/mol. The third-order valence-electron chi connectivity index (χ3n) is 6.15. The van der Waals surface area contributed by atoms with E-state index < -0.39 is 0 Å². The van der Waals surface area contributed by atoms with Crippen molar-refractivity contribution in [1.82, 2.24) is 24.8 Å². The van der Waals surface area contributed by atoms with Crippen LogP contribution in [-0.4, -0.2) is 46.3 Å². The molecule has 34 heavy (non-hydrogen) atoms. The fourth-order valence-corrected chi connectivity index (χ4v) is 4.23. The molecule has 1 aliphatic heterocycles. The molecule has 1 N–H and O–H groups in total. The van der Waals surface area contributed by atoms with Crippen LogP contribution in [0.5, 0.6) is 5.75 Å². The van der Waals surface area contributed by atoms with Gasteiger partial charge in [0.25, 0.3) is 5.56 Å². The number of nitrogens with zero attached hydrogens (tertiary/aromatic N) is 5. The molecule has 172 valence electrons. The molecule has 3 heterocycles. The molecule has 1 aliphatic rings. The average Bonchev–Trinajstić information content (AvgIpc) is 2.91. The van der Waals surface area contributed by atoms with Crippen LogP contribution in [0, 0.1) is 0 Å². The van der Waals surface area contributed by atoms with Crippen molar-refractivity contribution in [2.24, 2.45) is 7.05 Å². The van der Waals surface area contributed by atoms with E-state index in [0.717, 1.165) is 30.0 Å². The summed E-state index contributed by atoms with van der Waals surface area (Å²) in [5.41, 5.74) is 4.57. The molecule has 1 fully saturated rings.